The normalized spacial score (nSPS) is 11.3. The molecule has 0 aromatic heterocycles. The zero-order valence-electron chi connectivity index (χ0n) is 14.6. The number of hydrogen-bond acceptors (Lipinski definition) is 6. The summed E-state index contributed by atoms with van der Waals surface area (Å²) in [4.78, 5) is 0. The van der Waals surface area contributed by atoms with Crippen LogP contribution in [-0.2, 0) is 0 Å². The Kier molecular flexibility index (Phi) is 4.29. The molecule has 0 aliphatic rings. The summed E-state index contributed by atoms with van der Waals surface area (Å²) in [6.45, 7) is 0. The maximum Gasteiger partial charge on any atom is 0.144 e. The van der Waals surface area contributed by atoms with Crippen LogP contribution in [0, 0.1) is 0 Å². The quantitative estimate of drug-likeness (QED) is 0.271. The van der Waals surface area contributed by atoms with Crippen molar-refractivity contribution in [3.05, 3.63) is 72.8 Å². The summed E-state index contributed by atoms with van der Waals surface area (Å²) in [5.41, 5.74) is 1.06. The molecule has 0 bridgehead atoms. The van der Waals surface area contributed by atoms with E-state index in [1.54, 1.807) is 0 Å². The second-order valence-electron chi connectivity index (χ2n) is 6.26. The molecule has 0 aliphatic heterocycles. The molecule has 0 spiro atoms. The lowest BCUT2D eigenvalue weighted by Gasteiger charge is -2.11. The summed E-state index contributed by atoms with van der Waals surface area (Å²) < 4.78 is 0. The number of benzene rings is 4. The molecule has 0 radical (unpaired) electrons. The van der Waals surface area contributed by atoms with Crippen molar-refractivity contribution < 1.29 is 20.4 Å². The van der Waals surface area contributed by atoms with Gasteiger partial charge in [-0.05, 0) is 46.7 Å². The molecule has 0 amide bonds. The first-order valence-corrected chi connectivity index (χ1v) is 8.51. The molecule has 0 atom stereocenters. The van der Waals surface area contributed by atoms with E-state index in [4.69, 9.17) is 0 Å². The molecule has 28 heavy (non-hydrogen) atoms. The smallest absolute Gasteiger partial charge is 0.144 e. The Morgan fingerprint density at radius 3 is 2.11 bits per heavy atom. The molecule has 6 heteroatoms. The molecular formula is C22H16N2O4. The maximum absolute atomic E-state index is 10.4. The lowest BCUT2D eigenvalue weighted by atomic mass is 9.99. The van der Waals surface area contributed by atoms with E-state index in [2.05, 4.69) is 10.2 Å². The predicted octanol–water partition coefficient (Wildman–Crippen LogP) is 5.74. The third-order valence-corrected chi connectivity index (χ3v) is 4.39. The van der Waals surface area contributed by atoms with Crippen molar-refractivity contribution in [1.82, 2.24) is 0 Å². The third kappa shape index (κ3) is 3.19. The Balaban J connectivity index is 1.87. The van der Waals surface area contributed by atoms with Crippen LogP contribution in [-0.4, -0.2) is 20.4 Å². The highest BCUT2D eigenvalue weighted by atomic mass is 16.3. The highest BCUT2D eigenvalue weighted by molar-refractivity contribution is 5.92. The topological polar surface area (TPSA) is 106 Å². The summed E-state index contributed by atoms with van der Waals surface area (Å²) in [6, 6.07) is 19.9. The lowest BCUT2D eigenvalue weighted by Crippen LogP contribution is -1.83. The van der Waals surface area contributed by atoms with Crippen LogP contribution in [0.2, 0.25) is 0 Å². The summed E-state index contributed by atoms with van der Waals surface area (Å²) in [5, 5.41) is 50.2. The van der Waals surface area contributed by atoms with Crippen LogP contribution >= 0.6 is 0 Å². The second kappa shape index (κ2) is 6.92. The molecule has 0 fully saturated rings. The summed E-state index contributed by atoms with van der Waals surface area (Å²) in [5.74, 6) is -0.499. The van der Waals surface area contributed by atoms with Gasteiger partial charge >= 0.3 is 0 Å². The van der Waals surface area contributed by atoms with Gasteiger partial charge in [-0.15, -0.1) is 10.2 Å². The van der Waals surface area contributed by atoms with E-state index in [1.807, 2.05) is 42.5 Å². The lowest BCUT2D eigenvalue weighted by molar-refractivity contribution is 0.460. The molecule has 4 aromatic rings. The minimum absolute atomic E-state index is 0.0344. The van der Waals surface area contributed by atoms with E-state index in [9.17, 15) is 20.4 Å². The van der Waals surface area contributed by atoms with E-state index < -0.39 is 0 Å². The standard InChI is InChI=1S/C22H16N2O4/c25-16-7-8-18(26)17(12-16)23-24-22-20(28)10-9-19(27)21(22)15-6-5-13-3-1-2-4-14(13)11-15/h1-12,25-28H. The summed E-state index contributed by atoms with van der Waals surface area (Å²) in [6.07, 6.45) is 0. The number of rotatable bonds is 3. The first-order valence-electron chi connectivity index (χ1n) is 8.51. The molecule has 4 N–H and O–H groups in total. The number of aromatic hydroxyl groups is 4. The molecule has 4 aromatic carbocycles. The van der Waals surface area contributed by atoms with E-state index in [0.717, 1.165) is 10.8 Å². The first-order chi connectivity index (χ1) is 13.5. The van der Waals surface area contributed by atoms with Gasteiger partial charge in [-0.1, -0.05) is 36.4 Å². The Hall–Kier alpha value is -4.06. The fourth-order valence-corrected chi connectivity index (χ4v) is 3.00. The molecule has 0 saturated heterocycles. The molecular weight excluding hydrogens is 356 g/mol. The number of phenols is 4. The minimum atomic E-state index is -0.177. The largest absolute Gasteiger partial charge is 0.508 e. The van der Waals surface area contributed by atoms with Crippen molar-refractivity contribution in [3.63, 3.8) is 0 Å². The van der Waals surface area contributed by atoms with Crippen LogP contribution in [0.1, 0.15) is 0 Å². The summed E-state index contributed by atoms with van der Waals surface area (Å²) in [7, 11) is 0. The molecule has 0 unspecified atom stereocenters. The number of hydrogen-bond donors (Lipinski definition) is 4. The zero-order chi connectivity index (χ0) is 19.7. The van der Waals surface area contributed by atoms with Gasteiger partial charge < -0.3 is 20.4 Å². The van der Waals surface area contributed by atoms with E-state index in [-0.39, 0.29) is 34.4 Å². The van der Waals surface area contributed by atoms with Gasteiger partial charge in [0.25, 0.3) is 0 Å². The van der Waals surface area contributed by atoms with Crippen molar-refractivity contribution >= 4 is 22.1 Å². The average molecular weight is 372 g/mol. The summed E-state index contributed by atoms with van der Waals surface area (Å²) >= 11 is 0. The van der Waals surface area contributed by atoms with Crippen molar-refractivity contribution in [1.29, 1.82) is 0 Å². The Morgan fingerprint density at radius 1 is 0.571 bits per heavy atom. The fourth-order valence-electron chi connectivity index (χ4n) is 3.00. The van der Waals surface area contributed by atoms with Crippen LogP contribution in [0.15, 0.2) is 83.0 Å². The minimum Gasteiger partial charge on any atom is -0.508 e. The maximum atomic E-state index is 10.4. The SMILES string of the molecule is Oc1ccc(O)c(N=Nc2c(O)ccc(O)c2-c2ccc3ccccc3c2)c1. The van der Waals surface area contributed by atoms with Crippen LogP contribution in [0.3, 0.4) is 0 Å². The van der Waals surface area contributed by atoms with E-state index in [1.165, 1.54) is 30.3 Å². The van der Waals surface area contributed by atoms with Gasteiger partial charge in [-0.2, -0.15) is 0 Å². The van der Waals surface area contributed by atoms with Gasteiger partial charge in [0.05, 0.1) is 5.56 Å². The van der Waals surface area contributed by atoms with Gasteiger partial charge in [-0.25, -0.2) is 0 Å². The molecule has 0 heterocycles. The van der Waals surface area contributed by atoms with Crippen molar-refractivity contribution in [2.24, 2.45) is 10.2 Å². The Labute approximate surface area is 160 Å². The van der Waals surface area contributed by atoms with Gasteiger partial charge in [0.15, 0.2) is 0 Å². The molecule has 6 nitrogen and oxygen atoms in total. The zero-order valence-corrected chi connectivity index (χ0v) is 14.6. The molecule has 4 rings (SSSR count). The number of nitrogens with zero attached hydrogens (tertiary/aromatic N) is 2. The highest BCUT2D eigenvalue weighted by Crippen LogP contribution is 2.45. The number of phenolic OH excluding ortho intramolecular Hbond substituents is 4. The molecule has 138 valence electrons. The highest BCUT2D eigenvalue weighted by Gasteiger charge is 2.16. The average Bonchev–Trinajstić information content (AvgIpc) is 2.70. The van der Waals surface area contributed by atoms with Crippen molar-refractivity contribution in [2.45, 2.75) is 0 Å². The first kappa shape index (κ1) is 17.4. The Bertz CT molecular complexity index is 1220. The van der Waals surface area contributed by atoms with Crippen LogP contribution in [0.4, 0.5) is 11.4 Å². The Morgan fingerprint density at radius 2 is 1.29 bits per heavy atom. The van der Waals surface area contributed by atoms with E-state index >= 15 is 0 Å². The van der Waals surface area contributed by atoms with Crippen LogP contribution in [0.5, 0.6) is 23.0 Å². The van der Waals surface area contributed by atoms with Crippen molar-refractivity contribution in [2.75, 3.05) is 0 Å². The van der Waals surface area contributed by atoms with Gasteiger partial charge in [-0.3, -0.25) is 0 Å². The molecule has 0 saturated carbocycles. The molecule has 0 aliphatic carbocycles. The van der Waals surface area contributed by atoms with Crippen LogP contribution in [0.25, 0.3) is 21.9 Å². The van der Waals surface area contributed by atoms with Gasteiger partial charge in [0.1, 0.15) is 34.4 Å². The van der Waals surface area contributed by atoms with Crippen molar-refractivity contribution in [3.8, 4) is 34.1 Å². The predicted molar refractivity (Wildman–Crippen MR) is 107 cm³/mol. The van der Waals surface area contributed by atoms with Crippen LogP contribution < -0.4 is 0 Å². The second-order valence-corrected chi connectivity index (χ2v) is 6.26. The van der Waals surface area contributed by atoms with Gasteiger partial charge in [0, 0.05) is 6.07 Å². The third-order valence-electron chi connectivity index (χ3n) is 4.39. The monoisotopic (exact) mass is 372 g/mol. The van der Waals surface area contributed by atoms with Gasteiger partial charge in [0.2, 0.25) is 0 Å². The fraction of sp³-hybridized carbons (Fsp3) is 0. The van der Waals surface area contributed by atoms with E-state index in [0.29, 0.717) is 11.1 Å². The number of fused-ring (bicyclic) bond motifs is 1. The number of azo groups is 1.